The Morgan fingerprint density at radius 1 is 1.36 bits per heavy atom. The van der Waals surface area contributed by atoms with Crippen LogP contribution in [0.4, 0.5) is 5.69 Å². The van der Waals surface area contributed by atoms with Gasteiger partial charge in [0, 0.05) is 23.9 Å². The third-order valence-electron chi connectivity index (χ3n) is 4.66. The summed E-state index contributed by atoms with van der Waals surface area (Å²) in [5.74, 6) is 2.00. The summed E-state index contributed by atoms with van der Waals surface area (Å²) >= 11 is 0. The first-order valence-corrected chi connectivity index (χ1v) is 8.61. The van der Waals surface area contributed by atoms with Crippen LogP contribution in [0.5, 0.6) is 0 Å². The van der Waals surface area contributed by atoms with Gasteiger partial charge in [0.05, 0.1) is 5.69 Å². The summed E-state index contributed by atoms with van der Waals surface area (Å²) in [6.07, 6.45) is 3.64. The standard InChI is InChI=1S/C18H25N5O.ClH/c1-11(2)17-21-18(23-22-17)13-7-3-4-9-15(13)20-16(24)10-12-6-5-8-14(12)19;/h3-4,7,9,11-12,14H,5-6,8,10,19H2,1-2H3,(H,20,24)(H,21,22,23);1H/t12-,14+;/m0./s1. The van der Waals surface area contributed by atoms with E-state index in [9.17, 15) is 4.79 Å². The molecule has 136 valence electrons. The molecule has 1 aromatic carbocycles. The molecule has 2 atom stereocenters. The smallest absolute Gasteiger partial charge is 0.224 e. The lowest BCUT2D eigenvalue weighted by molar-refractivity contribution is -0.117. The van der Waals surface area contributed by atoms with Gasteiger partial charge in [0.15, 0.2) is 5.82 Å². The van der Waals surface area contributed by atoms with Crippen molar-refractivity contribution in [3.63, 3.8) is 0 Å². The first-order valence-electron chi connectivity index (χ1n) is 8.61. The van der Waals surface area contributed by atoms with Gasteiger partial charge in [0.2, 0.25) is 5.91 Å². The average molecular weight is 364 g/mol. The summed E-state index contributed by atoms with van der Waals surface area (Å²) < 4.78 is 0. The van der Waals surface area contributed by atoms with Gasteiger partial charge >= 0.3 is 0 Å². The monoisotopic (exact) mass is 363 g/mol. The predicted octanol–water partition coefficient (Wildman–Crippen LogP) is 3.47. The summed E-state index contributed by atoms with van der Waals surface area (Å²) in [5, 5.41) is 10.2. The highest BCUT2D eigenvalue weighted by molar-refractivity contribution is 5.94. The summed E-state index contributed by atoms with van der Waals surface area (Å²) in [6, 6.07) is 7.77. The van der Waals surface area contributed by atoms with Crippen molar-refractivity contribution in [1.82, 2.24) is 15.2 Å². The fourth-order valence-corrected chi connectivity index (χ4v) is 3.20. The second kappa shape index (κ2) is 8.45. The molecule has 1 aromatic heterocycles. The molecule has 0 radical (unpaired) electrons. The normalized spacial score (nSPS) is 19.7. The number of aromatic amines is 1. The highest BCUT2D eigenvalue weighted by atomic mass is 35.5. The minimum atomic E-state index is 0. The minimum absolute atomic E-state index is 0. The number of aromatic nitrogens is 3. The maximum atomic E-state index is 12.4. The number of nitrogens with one attached hydrogen (secondary N) is 2. The molecule has 1 saturated carbocycles. The van der Waals surface area contributed by atoms with Crippen molar-refractivity contribution < 1.29 is 4.79 Å². The van der Waals surface area contributed by atoms with Gasteiger partial charge in [-0.05, 0) is 30.9 Å². The lowest BCUT2D eigenvalue weighted by Crippen LogP contribution is -2.28. The second-order valence-corrected chi connectivity index (χ2v) is 6.85. The maximum Gasteiger partial charge on any atom is 0.224 e. The van der Waals surface area contributed by atoms with Gasteiger partial charge in [-0.25, -0.2) is 4.98 Å². The van der Waals surface area contributed by atoms with Gasteiger partial charge in [0.25, 0.3) is 0 Å². The average Bonchev–Trinajstić information content (AvgIpc) is 3.18. The minimum Gasteiger partial charge on any atom is -0.327 e. The third kappa shape index (κ3) is 4.58. The molecule has 0 unspecified atom stereocenters. The third-order valence-corrected chi connectivity index (χ3v) is 4.66. The summed E-state index contributed by atoms with van der Waals surface area (Å²) in [5.41, 5.74) is 7.63. The number of nitrogens with two attached hydrogens (primary N) is 1. The van der Waals surface area contributed by atoms with Crippen molar-refractivity contribution in [1.29, 1.82) is 0 Å². The van der Waals surface area contributed by atoms with E-state index in [0.717, 1.165) is 36.3 Å². The molecule has 4 N–H and O–H groups in total. The predicted molar refractivity (Wildman–Crippen MR) is 102 cm³/mol. The van der Waals surface area contributed by atoms with Crippen LogP contribution in [0.2, 0.25) is 0 Å². The zero-order chi connectivity index (χ0) is 17.1. The van der Waals surface area contributed by atoms with Gasteiger partial charge in [-0.2, -0.15) is 5.10 Å². The van der Waals surface area contributed by atoms with E-state index in [0.29, 0.717) is 12.2 Å². The maximum absolute atomic E-state index is 12.4. The molecule has 1 aliphatic rings. The zero-order valence-electron chi connectivity index (χ0n) is 14.7. The fraction of sp³-hybridized carbons (Fsp3) is 0.500. The van der Waals surface area contributed by atoms with Crippen molar-refractivity contribution in [3.8, 4) is 11.4 Å². The van der Waals surface area contributed by atoms with E-state index in [1.54, 1.807) is 0 Å². The summed E-state index contributed by atoms with van der Waals surface area (Å²) in [6.45, 7) is 4.12. The number of nitrogens with zero attached hydrogens (tertiary/aromatic N) is 2. The number of carbonyl (C=O) groups is 1. The van der Waals surface area contributed by atoms with Crippen LogP contribution in [-0.4, -0.2) is 27.1 Å². The largest absolute Gasteiger partial charge is 0.327 e. The van der Waals surface area contributed by atoms with Crippen LogP contribution >= 0.6 is 12.4 Å². The molecule has 6 nitrogen and oxygen atoms in total. The molecular formula is C18H26ClN5O. The van der Waals surface area contributed by atoms with Gasteiger partial charge in [-0.1, -0.05) is 32.4 Å². The summed E-state index contributed by atoms with van der Waals surface area (Å²) in [4.78, 5) is 16.9. The Morgan fingerprint density at radius 3 is 2.76 bits per heavy atom. The molecule has 25 heavy (non-hydrogen) atoms. The van der Waals surface area contributed by atoms with Crippen LogP contribution in [-0.2, 0) is 4.79 Å². The van der Waals surface area contributed by atoms with E-state index in [-0.39, 0.29) is 36.2 Å². The molecule has 1 heterocycles. The van der Waals surface area contributed by atoms with Gasteiger partial charge in [0.1, 0.15) is 5.82 Å². The Bertz CT molecular complexity index is 715. The van der Waals surface area contributed by atoms with Crippen LogP contribution in [0.3, 0.4) is 0 Å². The number of hydrogen-bond donors (Lipinski definition) is 3. The number of halogens is 1. The van der Waals surface area contributed by atoms with Crippen molar-refractivity contribution >= 4 is 24.0 Å². The van der Waals surface area contributed by atoms with E-state index >= 15 is 0 Å². The van der Waals surface area contributed by atoms with Crippen LogP contribution in [0, 0.1) is 5.92 Å². The Hall–Kier alpha value is -1.92. The highest BCUT2D eigenvalue weighted by Crippen LogP contribution is 2.29. The zero-order valence-corrected chi connectivity index (χ0v) is 15.5. The van der Waals surface area contributed by atoms with Gasteiger partial charge < -0.3 is 11.1 Å². The van der Waals surface area contributed by atoms with E-state index in [4.69, 9.17) is 5.73 Å². The van der Waals surface area contributed by atoms with Crippen molar-refractivity contribution in [2.75, 3.05) is 5.32 Å². The molecule has 7 heteroatoms. The topological polar surface area (TPSA) is 96.7 Å². The molecule has 2 aromatic rings. The highest BCUT2D eigenvalue weighted by Gasteiger charge is 2.26. The van der Waals surface area contributed by atoms with E-state index < -0.39 is 0 Å². The number of carbonyl (C=O) groups excluding carboxylic acids is 1. The molecular weight excluding hydrogens is 338 g/mol. The van der Waals surface area contributed by atoms with Crippen molar-refractivity contribution in [2.45, 2.75) is 51.5 Å². The number of H-pyrrole nitrogens is 1. The van der Waals surface area contributed by atoms with Crippen LogP contribution in [0.1, 0.15) is 51.3 Å². The Labute approximate surface area is 154 Å². The first-order chi connectivity index (χ1) is 11.5. The number of amides is 1. The quantitative estimate of drug-likeness (QED) is 0.757. The number of para-hydroxylation sites is 1. The van der Waals surface area contributed by atoms with Crippen molar-refractivity contribution in [2.24, 2.45) is 11.7 Å². The van der Waals surface area contributed by atoms with Crippen LogP contribution in [0.25, 0.3) is 11.4 Å². The molecule has 0 saturated heterocycles. The molecule has 1 aliphatic carbocycles. The number of benzene rings is 1. The Morgan fingerprint density at radius 2 is 2.12 bits per heavy atom. The SMILES string of the molecule is CC(C)c1nc(-c2ccccc2NC(=O)C[C@@H]2CCC[C@H]2N)n[nH]1.Cl. The summed E-state index contributed by atoms with van der Waals surface area (Å²) in [7, 11) is 0. The Kier molecular flexibility index (Phi) is 6.56. The Balaban J connectivity index is 0.00000225. The number of hydrogen-bond acceptors (Lipinski definition) is 4. The van der Waals surface area contributed by atoms with Crippen LogP contribution in [0.15, 0.2) is 24.3 Å². The van der Waals surface area contributed by atoms with Gasteiger partial charge in [-0.3, -0.25) is 9.89 Å². The molecule has 0 spiro atoms. The van der Waals surface area contributed by atoms with Crippen molar-refractivity contribution in [3.05, 3.63) is 30.1 Å². The first kappa shape index (κ1) is 19.4. The molecule has 0 bridgehead atoms. The number of anilines is 1. The molecule has 1 amide bonds. The van der Waals surface area contributed by atoms with Crippen LogP contribution < -0.4 is 11.1 Å². The fourth-order valence-electron chi connectivity index (χ4n) is 3.20. The second-order valence-electron chi connectivity index (χ2n) is 6.85. The molecule has 1 fully saturated rings. The number of rotatable bonds is 5. The van der Waals surface area contributed by atoms with E-state index in [1.165, 1.54) is 0 Å². The molecule has 3 rings (SSSR count). The van der Waals surface area contributed by atoms with E-state index in [2.05, 4.69) is 34.3 Å². The van der Waals surface area contributed by atoms with E-state index in [1.807, 2.05) is 24.3 Å². The molecule has 0 aliphatic heterocycles. The lowest BCUT2D eigenvalue weighted by atomic mass is 10.00. The lowest BCUT2D eigenvalue weighted by Gasteiger charge is -2.15. The van der Waals surface area contributed by atoms with Gasteiger partial charge in [-0.15, -0.1) is 12.4 Å².